The summed E-state index contributed by atoms with van der Waals surface area (Å²) >= 11 is 0. The van der Waals surface area contributed by atoms with E-state index in [1.54, 1.807) is 0 Å². The van der Waals surface area contributed by atoms with E-state index in [2.05, 4.69) is 6.92 Å². The molecule has 0 aromatic rings. The molecule has 0 unspecified atom stereocenters. The van der Waals surface area contributed by atoms with E-state index in [9.17, 15) is 4.79 Å². The van der Waals surface area contributed by atoms with Crippen LogP contribution in [0.1, 0.15) is 45.4 Å². The Kier molecular flexibility index (Phi) is 4.05. The molecular formula is C13H24N2O2. The zero-order valence-corrected chi connectivity index (χ0v) is 10.8. The van der Waals surface area contributed by atoms with Crippen molar-refractivity contribution in [2.24, 2.45) is 5.73 Å². The lowest BCUT2D eigenvalue weighted by Crippen LogP contribution is -2.58. The van der Waals surface area contributed by atoms with E-state index in [4.69, 9.17) is 10.5 Å². The number of hydrogen-bond donors (Lipinski definition) is 1. The fraction of sp³-hybridized carbons (Fsp3) is 0.923. The second kappa shape index (κ2) is 5.36. The van der Waals surface area contributed by atoms with Crippen LogP contribution in [0.4, 0.5) is 0 Å². The van der Waals surface area contributed by atoms with Crippen LogP contribution in [-0.4, -0.2) is 42.1 Å². The van der Waals surface area contributed by atoms with Crippen LogP contribution in [0.15, 0.2) is 0 Å². The Labute approximate surface area is 103 Å². The number of rotatable bonds is 5. The van der Waals surface area contributed by atoms with Crippen molar-refractivity contribution in [2.45, 2.75) is 57.0 Å². The molecule has 2 rings (SSSR count). The van der Waals surface area contributed by atoms with E-state index in [1.807, 2.05) is 4.90 Å². The van der Waals surface area contributed by atoms with E-state index in [1.165, 1.54) is 0 Å². The highest BCUT2D eigenvalue weighted by molar-refractivity contribution is 5.86. The van der Waals surface area contributed by atoms with E-state index in [0.717, 1.165) is 32.2 Å². The molecule has 0 radical (unpaired) electrons. The maximum Gasteiger partial charge on any atom is 0.243 e. The predicted octanol–water partition coefficient (Wildman–Crippen LogP) is 1.29. The summed E-state index contributed by atoms with van der Waals surface area (Å²) in [5, 5.41) is 0. The van der Waals surface area contributed by atoms with Crippen LogP contribution >= 0.6 is 0 Å². The largest absolute Gasteiger partial charge is 0.381 e. The molecule has 17 heavy (non-hydrogen) atoms. The van der Waals surface area contributed by atoms with Crippen LogP contribution in [0, 0.1) is 0 Å². The van der Waals surface area contributed by atoms with Crippen LogP contribution in [0.5, 0.6) is 0 Å². The highest BCUT2D eigenvalue weighted by Gasteiger charge is 2.43. The van der Waals surface area contributed by atoms with Crippen LogP contribution in [0.3, 0.4) is 0 Å². The van der Waals surface area contributed by atoms with Gasteiger partial charge in [-0.3, -0.25) is 4.79 Å². The lowest BCUT2D eigenvalue weighted by molar-refractivity contribution is -0.141. The summed E-state index contributed by atoms with van der Waals surface area (Å²) in [5.74, 6) is 0.164. The monoisotopic (exact) mass is 240 g/mol. The van der Waals surface area contributed by atoms with Gasteiger partial charge in [-0.1, -0.05) is 13.3 Å². The highest BCUT2D eigenvalue weighted by atomic mass is 16.5. The van der Waals surface area contributed by atoms with Gasteiger partial charge in [-0.2, -0.15) is 0 Å². The molecule has 2 fully saturated rings. The third kappa shape index (κ3) is 2.99. The lowest BCUT2D eigenvalue weighted by Gasteiger charge is -2.37. The Morgan fingerprint density at radius 2 is 2.06 bits per heavy atom. The molecule has 0 aromatic heterocycles. The molecule has 2 N–H and O–H groups in total. The van der Waals surface area contributed by atoms with Crippen LogP contribution in [0.25, 0.3) is 0 Å². The number of unbranched alkanes of at least 4 members (excludes halogenated alkanes) is 1. The smallest absolute Gasteiger partial charge is 0.243 e. The third-order valence-electron chi connectivity index (χ3n) is 3.81. The maximum atomic E-state index is 12.6. The Hall–Kier alpha value is -0.610. The van der Waals surface area contributed by atoms with Crippen molar-refractivity contribution in [3.63, 3.8) is 0 Å². The van der Waals surface area contributed by atoms with E-state index in [0.29, 0.717) is 32.1 Å². The molecule has 0 spiro atoms. The van der Waals surface area contributed by atoms with Gasteiger partial charge in [0.2, 0.25) is 5.91 Å². The fourth-order valence-corrected chi connectivity index (χ4v) is 2.40. The molecule has 1 saturated carbocycles. The van der Waals surface area contributed by atoms with Gasteiger partial charge in [0.15, 0.2) is 0 Å². The molecular weight excluding hydrogens is 216 g/mol. The van der Waals surface area contributed by atoms with Gasteiger partial charge in [0.05, 0.1) is 5.54 Å². The van der Waals surface area contributed by atoms with E-state index in [-0.39, 0.29) is 5.91 Å². The van der Waals surface area contributed by atoms with Crippen molar-refractivity contribution in [1.82, 2.24) is 4.90 Å². The summed E-state index contributed by atoms with van der Waals surface area (Å²) in [7, 11) is 0. The summed E-state index contributed by atoms with van der Waals surface area (Å²) in [6.45, 7) is 4.27. The maximum absolute atomic E-state index is 12.6. The summed E-state index contributed by atoms with van der Waals surface area (Å²) < 4.78 is 5.30. The van der Waals surface area contributed by atoms with Crippen LogP contribution < -0.4 is 5.73 Å². The first-order chi connectivity index (χ1) is 8.17. The quantitative estimate of drug-likeness (QED) is 0.787. The number of nitrogens with zero attached hydrogens (tertiary/aromatic N) is 1. The molecule has 2 aliphatic rings. The zero-order valence-electron chi connectivity index (χ0n) is 10.8. The Morgan fingerprint density at radius 3 is 2.59 bits per heavy atom. The number of nitrogens with two attached hydrogens (primary N) is 1. The number of amides is 1. The summed E-state index contributed by atoms with van der Waals surface area (Å²) in [6.07, 6.45) is 5.85. The van der Waals surface area contributed by atoms with Gasteiger partial charge in [-0.15, -0.1) is 0 Å². The molecule has 1 aliphatic heterocycles. The minimum atomic E-state index is -0.658. The fourth-order valence-electron chi connectivity index (χ4n) is 2.40. The van der Waals surface area contributed by atoms with Crippen molar-refractivity contribution in [1.29, 1.82) is 0 Å². The van der Waals surface area contributed by atoms with Crippen molar-refractivity contribution in [2.75, 3.05) is 19.8 Å². The lowest BCUT2D eigenvalue weighted by atomic mass is 9.89. The summed E-state index contributed by atoms with van der Waals surface area (Å²) in [6, 6.07) is 0.470. The van der Waals surface area contributed by atoms with Crippen LogP contribution in [-0.2, 0) is 9.53 Å². The molecule has 0 bridgehead atoms. The van der Waals surface area contributed by atoms with Crippen molar-refractivity contribution in [3.05, 3.63) is 0 Å². The second-order valence-corrected chi connectivity index (χ2v) is 5.35. The molecule has 98 valence electrons. The standard InChI is InChI=1S/C13H24N2O2/c1-2-3-8-15(11-4-5-11)12(16)13(14)6-9-17-10-7-13/h11H,2-10,14H2,1H3. The first-order valence-electron chi connectivity index (χ1n) is 6.85. The molecule has 0 atom stereocenters. The SMILES string of the molecule is CCCCN(C(=O)C1(N)CCOCC1)C1CC1. The normalized spacial score (nSPS) is 23.4. The summed E-state index contributed by atoms with van der Waals surface area (Å²) in [4.78, 5) is 14.6. The Morgan fingerprint density at radius 1 is 1.41 bits per heavy atom. The third-order valence-corrected chi connectivity index (χ3v) is 3.81. The van der Waals surface area contributed by atoms with E-state index >= 15 is 0 Å². The molecule has 1 amide bonds. The Balaban J connectivity index is 1.98. The number of hydrogen-bond acceptors (Lipinski definition) is 3. The average molecular weight is 240 g/mol. The van der Waals surface area contributed by atoms with Gasteiger partial charge in [0.25, 0.3) is 0 Å². The molecule has 1 saturated heterocycles. The topological polar surface area (TPSA) is 55.6 Å². The first-order valence-corrected chi connectivity index (χ1v) is 6.85. The molecule has 1 heterocycles. The average Bonchev–Trinajstić information content (AvgIpc) is 3.15. The van der Waals surface area contributed by atoms with Gasteiger partial charge < -0.3 is 15.4 Å². The second-order valence-electron chi connectivity index (χ2n) is 5.35. The van der Waals surface area contributed by atoms with E-state index < -0.39 is 5.54 Å². The number of ether oxygens (including phenoxy) is 1. The molecule has 4 heteroatoms. The number of carbonyl (C=O) groups is 1. The van der Waals surface area contributed by atoms with Crippen molar-refractivity contribution < 1.29 is 9.53 Å². The predicted molar refractivity (Wildman–Crippen MR) is 66.6 cm³/mol. The van der Waals surface area contributed by atoms with Gasteiger partial charge in [-0.05, 0) is 32.1 Å². The van der Waals surface area contributed by atoms with Crippen molar-refractivity contribution >= 4 is 5.91 Å². The zero-order chi connectivity index (χ0) is 12.3. The minimum Gasteiger partial charge on any atom is -0.381 e. The van der Waals surface area contributed by atoms with Gasteiger partial charge in [0.1, 0.15) is 0 Å². The van der Waals surface area contributed by atoms with Gasteiger partial charge in [-0.25, -0.2) is 0 Å². The van der Waals surface area contributed by atoms with Crippen LogP contribution in [0.2, 0.25) is 0 Å². The molecule has 1 aliphatic carbocycles. The minimum absolute atomic E-state index is 0.164. The van der Waals surface area contributed by atoms with Crippen molar-refractivity contribution in [3.8, 4) is 0 Å². The van der Waals surface area contributed by atoms with Gasteiger partial charge >= 0.3 is 0 Å². The first kappa shape index (κ1) is 12.8. The molecule has 0 aromatic carbocycles. The highest BCUT2D eigenvalue weighted by Crippen LogP contribution is 2.31. The Bertz CT molecular complexity index is 271. The number of carbonyl (C=O) groups excluding carboxylic acids is 1. The van der Waals surface area contributed by atoms with Gasteiger partial charge in [0, 0.05) is 25.8 Å². The summed E-state index contributed by atoms with van der Waals surface area (Å²) in [5.41, 5.74) is 5.61. The molecule has 4 nitrogen and oxygen atoms in total.